The molecule has 1 heterocycles. The topological polar surface area (TPSA) is 70.6 Å². The van der Waals surface area contributed by atoms with Crippen molar-refractivity contribution in [2.24, 2.45) is 10.4 Å². The Kier molecular flexibility index (Phi) is 7.54. The van der Waals surface area contributed by atoms with Crippen LogP contribution in [0.15, 0.2) is 22.5 Å². The maximum absolute atomic E-state index is 11.3. The van der Waals surface area contributed by atoms with Gasteiger partial charge in [0.25, 0.3) is 0 Å². The fourth-order valence-corrected chi connectivity index (χ4v) is 3.63. The molecule has 1 aromatic heterocycles. The normalized spacial score (nSPS) is 14.6. The summed E-state index contributed by atoms with van der Waals surface area (Å²) in [6.45, 7) is 9.60. The van der Waals surface area contributed by atoms with E-state index in [0.717, 1.165) is 12.5 Å². The van der Waals surface area contributed by atoms with Crippen molar-refractivity contribution in [2.45, 2.75) is 40.2 Å². The zero-order chi connectivity index (χ0) is 17.5. The van der Waals surface area contributed by atoms with Crippen LogP contribution in [0.1, 0.15) is 45.0 Å². The molecular weight excluding hydrogens is 330 g/mol. The number of sulfone groups is 1. The maximum atomic E-state index is 11.3. The van der Waals surface area contributed by atoms with Gasteiger partial charge in [-0.15, -0.1) is 11.3 Å². The Morgan fingerprint density at radius 3 is 2.65 bits per heavy atom. The lowest BCUT2D eigenvalue weighted by atomic mass is 9.90. The number of hydrogen-bond donors (Lipinski definition) is 2. The van der Waals surface area contributed by atoms with Crippen LogP contribution in [0.3, 0.4) is 0 Å². The molecule has 0 bridgehead atoms. The van der Waals surface area contributed by atoms with Crippen LogP contribution in [0.5, 0.6) is 0 Å². The molecule has 1 aromatic rings. The maximum Gasteiger partial charge on any atom is 0.191 e. The largest absolute Gasteiger partial charge is 0.357 e. The second kappa shape index (κ2) is 8.68. The second-order valence-electron chi connectivity index (χ2n) is 6.62. The van der Waals surface area contributed by atoms with Crippen LogP contribution in [0.4, 0.5) is 0 Å². The van der Waals surface area contributed by atoms with Gasteiger partial charge in [-0.05, 0) is 37.1 Å². The molecule has 1 rings (SSSR count). The third-order valence-corrected chi connectivity index (χ3v) is 5.48. The summed E-state index contributed by atoms with van der Waals surface area (Å²) in [6.07, 6.45) is 1.88. The first kappa shape index (κ1) is 20.0. The Morgan fingerprint density at radius 2 is 2.13 bits per heavy atom. The highest BCUT2D eigenvalue weighted by Crippen LogP contribution is 2.22. The minimum Gasteiger partial charge on any atom is -0.357 e. The second-order valence-corrected chi connectivity index (χ2v) is 9.86. The molecule has 0 saturated heterocycles. The first-order valence-corrected chi connectivity index (χ1v) is 10.8. The molecule has 0 radical (unpaired) electrons. The summed E-state index contributed by atoms with van der Waals surface area (Å²) in [5.74, 6) is 0.964. The van der Waals surface area contributed by atoms with E-state index in [1.54, 1.807) is 11.3 Å². The number of hydrogen-bond acceptors (Lipinski definition) is 4. The predicted molar refractivity (Wildman–Crippen MR) is 100.0 cm³/mol. The highest BCUT2D eigenvalue weighted by atomic mass is 32.2. The van der Waals surface area contributed by atoms with Gasteiger partial charge >= 0.3 is 0 Å². The molecule has 132 valence electrons. The molecule has 0 aliphatic heterocycles. The lowest BCUT2D eigenvalue weighted by Crippen LogP contribution is -2.39. The van der Waals surface area contributed by atoms with Gasteiger partial charge in [0.2, 0.25) is 0 Å². The predicted octanol–water partition coefficient (Wildman–Crippen LogP) is 2.83. The number of nitrogens with one attached hydrogen (secondary N) is 2. The van der Waals surface area contributed by atoms with E-state index in [9.17, 15) is 8.42 Å². The van der Waals surface area contributed by atoms with E-state index in [4.69, 9.17) is 0 Å². The molecule has 0 spiro atoms. The molecule has 0 fully saturated rings. The summed E-state index contributed by atoms with van der Waals surface area (Å²) >= 11 is 1.71. The first-order chi connectivity index (χ1) is 10.6. The van der Waals surface area contributed by atoms with E-state index in [1.165, 1.54) is 11.1 Å². The third-order valence-electron chi connectivity index (χ3n) is 3.48. The fourth-order valence-electron chi connectivity index (χ4n) is 1.97. The van der Waals surface area contributed by atoms with Crippen molar-refractivity contribution in [3.05, 3.63) is 22.4 Å². The minimum atomic E-state index is -2.93. The Hall–Kier alpha value is -1.08. The van der Waals surface area contributed by atoms with Crippen LogP contribution in [0.2, 0.25) is 0 Å². The van der Waals surface area contributed by atoms with Crippen LogP contribution >= 0.6 is 11.3 Å². The van der Waals surface area contributed by atoms with Crippen LogP contribution in [-0.4, -0.2) is 39.5 Å². The number of guanidine groups is 1. The van der Waals surface area contributed by atoms with E-state index in [-0.39, 0.29) is 17.2 Å². The average molecular weight is 360 g/mol. The van der Waals surface area contributed by atoms with E-state index in [2.05, 4.69) is 34.0 Å². The van der Waals surface area contributed by atoms with Crippen LogP contribution in [-0.2, 0) is 9.84 Å². The summed E-state index contributed by atoms with van der Waals surface area (Å²) in [7, 11) is -2.93. The number of rotatable bonds is 8. The zero-order valence-corrected chi connectivity index (χ0v) is 16.4. The number of thiophene rings is 1. The van der Waals surface area contributed by atoms with Crippen molar-refractivity contribution in [3.63, 3.8) is 0 Å². The Balaban J connectivity index is 2.66. The van der Waals surface area contributed by atoms with Gasteiger partial charge in [0.05, 0.1) is 11.8 Å². The highest BCUT2D eigenvalue weighted by molar-refractivity contribution is 7.90. The van der Waals surface area contributed by atoms with Gasteiger partial charge in [0.1, 0.15) is 9.84 Å². The standard InChI is InChI=1S/C16H29N3O2S2/c1-6-17-15(19-13(2)14-8-7-10-22-14)18-12-16(3,4)9-11-23(5,20)21/h7-8,10,13H,6,9,11-12H2,1-5H3,(H2,17,18,19). The average Bonchev–Trinajstić information content (AvgIpc) is 2.97. The molecule has 7 heteroatoms. The summed E-state index contributed by atoms with van der Waals surface area (Å²) in [5, 5.41) is 8.70. The molecule has 5 nitrogen and oxygen atoms in total. The molecule has 0 aromatic carbocycles. The SMILES string of the molecule is CCNC(=NCC(C)(C)CCS(C)(=O)=O)NC(C)c1cccs1. The molecule has 0 aliphatic rings. The van der Waals surface area contributed by atoms with Gasteiger partial charge < -0.3 is 10.6 Å². The lowest BCUT2D eigenvalue weighted by molar-refractivity contribution is 0.365. The van der Waals surface area contributed by atoms with Crippen molar-refractivity contribution in [1.82, 2.24) is 10.6 Å². The van der Waals surface area contributed by atoms with Crippen molar-refractivity contribution < 1.29 is 8.42 Å². The van der Waals surface area contributed by atoms with Crippen molar-refractivity contribution in [1.29, 1.82) is 0 Å². The number of nitrogens with zero attached hydrogens (tertiary/aromatic N) is 1. The van der Waals surface area contributed by atoms with Crippen LogP contribution < -0.4 is 10.6 Å². The molecule has 23 heavy (non-hydrogen) atoms. The van der Waals surface area contributed by atoms with Crippen molar-refractivity contribution >= 4 is 27.1 Å². The zero-order valence-electron chi connectivity index (χ0n) is 14.7. The van der Waals surface area contributed by atoms with Gasteiger partial charge in [0, 0.05) is 24.2 Å². The fraction of sp³-hybridized carbons (Fsp3) is 0.688. The minimum absolute atomic E-state index is 0.155. The summed E-state index contributed by atoms with van der Waals surface area (Å²) in [4.78, 5) is 5.90. The Labute approximate surface area is 144 Å². The van der Waals surface area contributed by atoms with Crippen LogP contribution in [0.25, 0.3) is 0 Å². The summed E-state index contributed by atoms with van der Waals surface area (Å²) in [6, 6.07) is 4.32. The van der Waals surface area contributed by atoms with Gasteiger partial charge in [-0.1, -0.05) is 19.9 Å². The molecule has 0 aliphatic carbocycles. The molecular formula is C16H29N3O2S2. The van der Waals surface area contributed by atoms with Gasteiger partial charge in [-0.3, -0.25) is 4.99 Å². The van der Waals surface area contributed by atoms with Gasteiger partial charge in [0.15, 0.2) is 5.96 Å². The van der Waals surface area contributed by atoms with Crippen molar-refractivity contribution in [2.75, 3.05) is 25.1 Å². The van der Waals surface area contributed by atoms with E-state index in [1.807, 2.05) is 26.8 Å². The van der Waals surface area contributed by atoms with Crippen molar-refractivity contribution in [3.8, 4) is 0 Å². The summed E-state index contributed by atoms with van der Waals surface area (Å²) < 4.78 is 22.7. The van der Waals surface area contributed by atoms with E-state index < -0.39 is 9.84 Å². The smallest absolute Gasteiger partial charge is 0.191 e. The molecule has 1 atom stereocenters. The van der Waals surface area contributed by atoms with Gasteiger partial charge in [-0.2, -0.15) is 0 Å². The number of aliphatic imine (C=N–C) groups is 1. The summed E-state index contributed by atoms with van der Waals surface area (Å²) in [5.41, 5.74) is -0.155. The molecule has 0 saturated carbocycles. The van der Waals surface area contributed by atoms with Gasteiger partial charge in [-0.25, -0.2) is 8.42 Å². The lowest BCUT2D eigenvalue weighted by Gasteiger charge is -2.23. The molecule has 2 N–H and O–H groups in total. The Bertz CT molecular complexity index is 593. The Morgan fingerprint density at radius 1 is 1.43 bits per heavy atom. The molecule has 0 amide bonds. The quantitative estimate of drug-likeness (QED) is 0.553. The molecule has 1 unspecified atom stereocenters. The first-order valence-electron chi connectivity index (χ1n) is 7.89. The highest BCUT2D eigenvalue weighted by Gasteiger charge is 2.20. The van der Waals surface area contributed by atoms with Crippen LogP contribution in [0, 0.1) is 5.41 Å². The third kappa shape index (κ3) is 8.37. The van der Waals surface area contributed by atoms with E-state index in [0.29, 0.717) is 13.0 Å². The monoisotopic (exact) mass is 359 g/mol. The van der Waals surface area contributed by atoms with E-state index >= 15 is 0 Å².